The van der Waals surface area contributed by atoms with Crippen LogP contribution in [0.25, 0.3) is 0 Å². The summed E-state index contributed by atoms with van der Waals surface area (Å²) in [4.78, 5) is 12.0. The number of hydrogen-bond acceptors (Lipinski definition) is 2. The minimum Gasteiger partial charge on any atom is -0.319 e. The van der Waals surface area contributed by atoms with Crippen LogP contribution in [0.1, 0.15) is 40.9 Å². The summed E-state index contributed by atoms with van der Waals surface area (Å²) in [5.74, 6) is 0.00287. The molecule has 0 aromatic heterocycles. The Morgan fingerprint density at radius 2 is 1.53 bits per heavy atom. The molecule has 2 heteroatoms. The average molecular weight is 205 g/mol. The van der Waals surface area contributed by atoms with E-state index in [-0.39, 0.29) is 5.78 Å². The molecule has 0 radical (unpaired) electrons. The van der Waals surface area contributed by atoms with Crippen LogP contribution in [0.3, 0.4) is 0 Å². The Morgan fingerprint density at radius 3 is 2.00 bits per heavy atom. The van der Waals surface area contributed by atoms with Crippen molar-refractivity contribution in [2.45, 2.75) is 40.2 Å². The summed E-state index contributed by atoms with van der Waals surface area (Å²) in [5.41, 5.74) is 9.10. The summed E-state index contributed by atoms with van der Waals surface area (Å²) in [5, 5.41) is 0. The van der Waals surface area contributed by atoms with Gasteiger partial charge < -0.3 is 5.73 Å². The Labute approximate surface area is 91.5 Å². The zero-order valence-corrected chi connectivity index (χ0v) is 10.1. The van der Waals surface area contributed by atoms with E-state index in [1.807, 2.05) is 32.9 Å². The molecule has 0 unspecified atom stereocenters. The lowest BCUT2D eigenvalue weighted by atomic mass is 9.89. The molecule has 0 atom stereocenters. The number of carbonyl (C=O) groups is 1. The third-order valence-corrected chi connectivity index (χ3v) is 2.67. The summed E-state index contributed by atoms with van der Waals surface area (Å²) in [6.45, 7) is 9.48. The first kappa shape index (κ1) is 11.9. The van der Waals surface area contributed by atoms with Gasteiger partial charge in [-0.15, -0.1) is 0 Å². The van der Waals surface area contributed by atoms with Crippen molar-refractivity contribution < 1.29 is 4.79 Å². The smallest absolute Gasteiger partial charge is 0.182 e. The van der Waals surface area contributed by atoms with Gasteiger partial charge in [0.1, 0.15) is 0 Å². The zero-order valence-electron chi connectivity index (χ0n) is 10.1. The third-order valence-electron chi connectivity index (χ3n) is 2.67. The van der Waals surface area contributed by atoms with Gasteiger partial charge in [-0.2, -0.15) is 0 Å². The van der Waals surface area contributed by atoms with Crippen molar-refractivity contribution in [3.05, 3.63) is 34.4 Å². The second kappa shape index (κ2) is 3.78. The van der Waals surface area contributed by atoms with Crippen LogP contribution >= 0.6 is 0 Å². The second-order valence-electron chi connectivity index (χ2n) is 4.80. The van der Waals surface area contributed by atoms with Gasteiger partial charge in [-0.3, -0.25) is 4.79 Å². The molecule has 15 heavy (non-hydrogen) atoms. The number of aryl methyl sites for hydroxylation is 3. The Kier molecular flexibility index (Phi) is 3.00. The minimum atomic E-state index is -0.799. The summed E-state index contributed by atoms with van der Waals surface area (Å²) in [7, 11) is 0. The van der Waals surface area contributed by atoms with Crippen molar-refractivity contribution in [3.63, 3.8) is 0 Å². The Morgan fingerprint density at radius 1 is 1.07 bits per heavy atom. The monoisotopic (exact) mass is 205 g/mol. The Bertz CT molecular complexity index is 400. The molecule has 2 nitrogen and oxygen atoms in total. The van der Waals surface area contributed by atoms with Crippen LogP contribution in [0.15, 0.2) is 12.1 Å². The molecule has 1 rings (SSSR count). The van der Waals surface area contributed by atoms with Gasteiger partial charge in [-0.05, 0) is 57.4 Å². The molecule has 0 aliphatic heterocycles. The van der Waals surface area contributed by atoms with Gasteiger partial charge in [0.15, 0.2) is 5.78 Å². The number of Topliss-reactive ketones (excluding diaryl/α,β-unsaturated/α-hetero) is 1. The Hall–Kier alpha value is -1.15. The van der Waals surface area contributed by atoms with E-state index in [4.69, 9.17) is 5.73 Å². The van der Waals surface area contributed by atoms with E-state index in [2.05, 4.69) is 0 Å². The van der Waals surface area contributed by atoms with Crippen molar-refractivity contribution in [1.82, 2.24) is 0 Å². The van der Waals surface area contributed by atoms with Crippen LogP contribution in [0.2, 0.25) is 0 Å². The van der Waals surface area contributed by atoms with Crippen molar-refractivity contribution >= 4 is 5.78 Å². The minimum absolute atomic E-state index is 0.00287. The molecule has 0 saturated carbocycles. The normalized spacial score (nSPS) is 11.6. The number of ketones is 1. The van der Waals surface area contributed by atoms with Crippen molar-refractivity contribution in [2.75, 3.05) is 0 Å². The molecule has 1 aromatic rings. The van der Waals surface area contributed by atoms with Gasteiger partial charge in [-0.1, -0.05) is 6.07 Å². The highest BCUT2D eigenvalue weighted by molar-refractivity contribution is 6.03. The molecule has 0 bridgehead atoms. The first-order valence-electron chi connectivity index (χ1n) is 5.15. The summed E-state index contributed by atoms with van der Waals surface area (Å²) in [6, 6.07) is 3.97. The highest BCUT2D eigenvalue weighted by Gasteiger charge is 2.24. The van der Waals surface area contributed by atoms with E-state index in [9.17, 15) is 4.79 Å². The van der Waals surface area contributed by atoms with Crippen LogP contribution in [-0.4, -0.2) is 11.3 Å². The lowest BCUT2D eigenvalue weighted by Crippen LogP contribution is -2.41. The van der Waals surface area contributed by atoms with Crippen LogP contribution in [0, 0.1) is 20.8 Å². The van der Waals surface area contributed by atoms with E-state index < -0.39 is 5.54 Å². The molecular weight excluding hydrogens is 186 g/mol. The van der Waals surface area contributed by atoms with Crippen LogP contribution in [-0.2, 0) is 0 Å². The first-order valence-corrected chi connectivity index (χ1v) is 5.15. The van der Waals surface area contributed by atoms with Gasteiger partial charge in [-0.25, -0.2) is 0 Å². The first-order chi connectivity index (χ1) is 6.73. The number of rotatable bonds is 2. The molecule has 0 saturated heterocycles. The van der Waals surface area contributed by atoms with Gasteiger partial charge in [0.2, 0.25) is 0 Å². The molecular formula is C13H19NO. The fourth-order valence-corrected chi connectivity index (χ4v) is 1.55. The van der Waals surface area contributed by atoms with E-state index in [0.717, 1.165) is 16.7 Å². The molecule has 0 heterocycles. The van der Waals surface area contributed by atoms with E-state index >= 15 is 0 Å². The predicted octanol–water partition coefficient (Wildman–Crippen LogP) is 2.53. The number of hydrogen-bond donors (Lipinski definition) is 1. The summed E-state index contributed by atoms with van der Waals surface area (Å²) >= 11 is 0. The molecule has 0 aliphatic carbocycles. The number of nitrogens with two attached hydrogens (primary N) is 1. The number of benzene rings is 1. The zero-order chi connectivity index (χ0) is 11.8. The molecule has 2 N–H and O–H groups in total. The van der Waals surface area contributed by atoms with Gasteiger partial charge in [0.05, 0.1) is 5.54 Å². The maximum atomic E-state index is 12.0. The lowest BCUT2D eigenvalue weighted by Gasteiger charge is -2.19. The average Bonchev–Trinajstić information content (AvgIpc) is 2.08. The third kappa shape index (κ3) is 2.45. The SMILES string of the molecule is Cc1cc(C)c(C(=O)C(C)(C)N)cc1C. The van der Waals surface area contributed by atoms with Crippen molar-refractivity contribution in [3.8, 4) is 0 Å². The maximum absolute atomic E-state index is 12.0. The lowest BCUT2D eigenvalue weighted by molar-refractivity contribution is 0.0913. The van der Waals surface area contributed by atoms with Crippen LogP contribution in [0.5, 0.6) is 0 Å². The quantitative estimate of drug-likeness (QED) is 0.754. The fraction of sp³-hybridized carbons (Fsp3) is 0.462. The highest BCUT2D eigenvalue weighted by Crippen LogP contribution is 2.19. The molecule has 82 valence electrons. The highest BCUT2D eigenvalue weighted by atomic mass is 16.1. The summed E-state index contributed by atoms with van der Waals surface area (Å²) in [6.07, 6.45) is 0. The van der Waals surface area contributed by atoms with Gasteiger partial charge in [0, 0.05) is 5.56 Å². The van der Waals surface area contributed by atoms with Crippen molar-refractivity contribution in [2.24, 2.45) is 5.73 Å². The molecule has 0 spiro atoms. The van der Waals surface area contributed by atoms with Crippen LogP contribution < -0.4 is 5.73 Å². The van der Waals surface area contributed by atoms with Gasteiger partial charge >= 0.3 is 0 Å². The van der Waals surface area contributed by atoms with E-state index in [1.54, 1.807) is 13.8 Å². The largest absolute Gasteiger partial charge is 0.319 e. The van der Waals surface area contributed by atoms with Crippen LogP contribution in [0.4, 0.5) is 0 Å². The van der Waals surface area contributed by atoms with E-state index in [1.165, 1.54) is 5.56 Å². The fourth-order valence-electron chi connectivity index (χ4n) is 1.55. The predicted molar refractivity (Wildman–Crippen MR) is 63.2 cm³/mol. The standard InChI is InChI=1S/C13H19NO/c1-8-6-10(3)11(7-9(8)2)12(15)13(4,5)14/h6-7H,14H2,1-5H3. The Balaban J connectivity index is 3.28. The molecule has 0 fully saturated rings. The maximum Gasteiger partial charge on any atom is 0.182 e. The topological polar surface area (TPSA) is 43.1 Å². The van der Waals surface area contributed by atoms with Crippen molar-refractivity contribution in [1.29, 1.82) is 0 Å². The van der Waals surface area contributed by atoms with E-state index in [0.29, 0.717) is 0 Å². The molecule has 0 aliphatic rings. The second-order valence-corrected chi connectivity index (χ2v) is 4.80. The molecule has 0 amide bonds. The molecule has 1 aromatic carbocycles. The summed E-state index contributed by atoms with van der Waals surface area (Å²) < 4.78 is 0. The van der Waals surface area contributed by atoms with Gasteiger partial charge in [0.25, 0.3) is 0 Å². The number of carbonyl (C=O) groups excluding carboxylic acids is 1.